The molecule has 0 aromatic carbocycles. The molecule has 0 amide bonds. The van der Waals surface area contributed by atoms with Crippen molar-refractivity contribution in [3.63, 3.8) is 0 Å². The van der Waals surface area contributed by atoms with Gasteiger partial charge in [0.1, 0.15) is 6.54 Å². The quantitative estimate of drug-likeness (QED) is 0.813. The van der Waals surface area contributed by atoms with Gasteiger partial charge >= 0.3 is 5.97 Å². The van der Waals surface area contributed by atoms with Crippen LogP contribution in [0.3, 0.4) is 0 Å². The molecule has 0 atom stereocenters. The fourth-order valence-electron chi connectivity index (χ4n) is 1.83. The second-order valence-corrected chi connectivity index (χ2v) is 3.79. The van der Waals surface area contributed by atoms with Crippen molar-refractivity contribution in [3.8, 4) is 5.75 Å². The van der Waals surface area contributed by atoms with Gasteiger partial charge in [-0.15, -0.1) is 0 Å². The number of carboxylic acid groups (broad SMARTS) is 1. The molecule has 0 spiro atoms. The first kappa shape index (κ1) is 10.0. The molecule has 5 nitrogen and oxygen atoms in total. The standard InChI is InChI=1S/C10H14N2O3/c13-10(14)7-12-6-9(5-11-12)15-8-3-1-2-4-8/h5-6,8H,1-4,7H2,(H,13,14). The lowest BCUT2D eigenvalue weighted by Crippen LogP contribution is -2.11. The second-order valence-electron chi connectivity index (χ2n) is 3.79. The molecule has 0 unspecified atom stereocenters. The van der Waals surface area contributed by atoms with E-state index in [2.05, 4.69) is 5.10 Å². The van der Waals surface area contributed by atoms with Crippen LogP contribution >= 0.6 is 0 Å². The number of hydrogen-bond acceptors (Lipinski definition) is 3. The van der Waals surface area contributed by atoms with Crippen LogP contribution in [0.2, 0.25) is 0 Å². The lowest BCUT2D eigenvalue weighted by Gasteiger charge is -2.09. The molecule has 82 valence electrons. The van der Waals surface area contributed by atoms with Crippen LogP contribution in [0.15, 0.2) is 12.4 Å². The van der Waals surface area contributed by atoms with Crippen LogP contribution in [0.1, 0.15) is 25.7 Å². The van der Waals surface area contributed by atoms with Crippen LogP contribution in [0.4, 0.5) is 0 Å². The zero-order valence-electron chi connectivity index (χ0n) is 8.43. The van der Waals surface area contributed by atoms with Gasteiger partial charge in [0.05, 0.1) is 18.5 Å². The summed E-state index contributed by atoms with van der Waals surface area (Å²) < 4.78 is 7.03. The van der Waals surface area contributed by atoms with Gasteiger partial charge in [-0.25, -0.2) is 0 Å². The Labute approximate surface area is 87.7 Å². The van der Waals surface area contributed by atoms with Crippen molar-refractivity contribution in [3.05, 3.63) is 12.4 Å². The SMILES string of the molecule is O=C(O)Cn1cc(OC2CCCC2)cn1. The molecule has 0 saturated heterocycles. The van der Waals surface area contributed by atoms with E-state index in [-0.39, 0.29) is 12.6 Å². The molecule has 1 N–H and O–H groups in total. The van der Waals surface area contributed by atoms with E-state index < -0.39 is 5.97 Å². The Hall–Kier alpha value is -1.52. The summed E-state index contributed by atoms with van der Waals surface area (Å²) in [5, 5.41) is 12.5. The van der Waals surface area contributed by atoms with Crippen molar-refractivity contribution >= 4 is 5.97 Å². The molecule has 1 aromatic rings. The van der Waals surface area contributed by atoms with Crippen molar-refractivity contribution in [1.82, 2.24) is 9.78 Å². The summed E-state index contributed by atoms with van der Waals surface area (Å²) in [4.78, 5) is 10.4. The van der Waals surface area contributed by atoms with Gasteiger partial charge in [-0.05, 0) is 25.7 Å². The molecule has 1 saturated carbocycles. The van der Waals surface area contributed by atoms with E-state index in [0.29, 0.717) is 5.75 Å². The van der Waals surface area contributed by atoms with Crippen LogP contribution in [0.5, 0.6) is 5.75 Å². The van der Waals surface area contributed by atoms with E-state index in [9.17, 15) is 4.79 Å². The predicted molar refractivity (Wildman–Crippen MR) is 52.7 cm³/mol. The smallest absolute Gasteiger partial charge is 0.325 e. The van der Waals surface area contributed by atoms with Gasteiger partial charge in [-0.3, -0.25) is 9.48 Å². The number of rotatable bonds is 4. The zero-order valence-corrected chi connectivity index (χ0v) is 8.43. The van der Waals surface area contributed by atoms with Crippen molar-refractivity contribution in [2.75, 3.05) is 0 Å². The van der Waals surface area contributed by atoms with Crippen LogP contribution in [-0.2, 0) is 11.3 Å². The minimum Gasteiger partial charge on any atom is -0.487 e. The summed E-state index contributed by atoms with van der Waals surface area (Å²) >= 11 is 0. The van der Waals surface area contributed by atoms with Gasteiger partial charge in [-0.1, -0.05) is 0 Å². The van der Waals surface area contributed by atoms with Gasteiger partial charge in [0, 0.05) is 0 Å². The first-order valence-electron chi connectivity index (χ1n) is 5.15. The van der Waals surface area contributed by atoms with Gasteiger partial charge in [0.2, 0.25) is 0 Å². The van der Waals surface area contributed by atoms with E-state index in [1.54, 1.807) is 12.4 Å². The van der Waals surface area contributed by atoms with E-state index in [1.165, 1.54) is 17.5 Å². The molecule has 1 aliphatic carbocycles. The van der Waals surface area contributed by atoms with Crippen molar-refractivity contribution < 1.29 is 14.6 Å². The molecule has 1 aromatic heterocycles. The third-order valence-corrected chi connectivity index (χ3v) is 2.51. The van der Waals surface area contributed by atoms with E-state index >= 15 is 0 Å². The molecule has 15 heavy (non-hydrogen) atoms. The maximum absolute atomic E-state index is 10.4. The highest BCUT2D eigenvalue weighted by Crippen LogP contribution is 2.23. The normalized spacial score (nSPS) is 16.8. The average molecular weight is 210 g/mol. The Morgan fingerprint density at radius 3 is 3.00 bits per heavy atom. The second kappa shape index (κ2) is 4.33. The van der Waals surface area contributed by atoms with Gasteiger partial charge in [-0.2, -0.15) is 5.10 Å². The lowest BCUT2D eigenvalue weighted by atomic mass is 10.3. The summed E-state index contributed by atoms with van der Waals surface area (Å²) in [6.45, 7) is -0.117. The molecule has 1 heterocycles. The largest absolute Gasteiger partial charge is 0.487 e. The van der Waals surface area contributed by atoms with Crippen LogP contribution in [0.25, 0.3) is 0 Å². The summed E-state index contributed by atoms with van der Waals surface area (Å²) in [7, 11) is 0. The number of aliphatic carboxylic acids is 1. The highest BCUT2D eigenvalue weighted by molar-refractivity contribution is 5.66. The minimum atomic E-state index is -0.898. The monoisotopic (exact) mass is 210 g/mol. The molecule has 0 aliphatic heterocycles. The maximum atomic E-state index is 10.4. The number of carboxylic acids is 1. The molecule has 0 radical (unpaired) electrons. The van der Waals surface area contributed by atoms with Crippen LogP contribution in [-0.4, -0.2) is 27.0 Å². The topological polar surface area (TPSA) is 64.3 Å². The number of ether oxygens (including phenoxy) is 1. The fourth-order valence-corrected chi connectivity index (χ4v) is 1.83. The number of nitrogens with zero attached hydrogens (tertiary/aromatic N) is 2. The predicted octanol–water partition coefficient (Wildman–Crippen LogP) is 1.29. The van der Waals surface area contributed by atoms with Gasteiger partial charge < -0.3 is 9.84 Å². The highest BCUT2D eigenvalue weighted by atomic mass is 16.5. The van der Waals surface area contributed by atoms with Crippen molar-refractivity contribution in [2.45, 2.75) is 38.3 Å². The zero-order chi connectivity index (χ0) is 10.7. The van der Waals surface area contributed by atoms with Crippen molar-refractivity contribution in [1.29, 1.82) is 0 Å². The number of carbonyl (C=O) groups is 1. The maximum Gasteiger partial charge on any atom is 0.325 e. The van der Waals surface area contributed by atoms with Crippen molar-refractivity contribution in [2.24, 2.45) is 0 Å². The summed E-state index contributed by atoms with van der Waals surface area (Å²) in [6.07, 6.45) is 8.09. The van der Waals surface area contributed by atoms with Gasteiger partial charge in [0.25, 0.3) is 0 Å². The summed E-state index contributed by atoms with van der Waals surface area (Å²) in [6, 6.07) is 0. The Kier molecular flexibility index (Phi) is 2.89. The van der Waals surface area contributed by atoms with Crippen LogP contribution < -0.4 is 4.74 Å². The summed E-state index contributed by atoms with van der Waals surface area (Å²) in [5.41, 5.74) is 0. The number of hydrogen-bond donors (Lipinski definition) is 1. The lowest BCUT2D eigenvalue weighted by molar-refractivity contribution is -0.137. The Balaban J connectivity index is 1.91. The fraction of sp³-hybridized carbons (Fsp3) is 0.600. The Morgan fingerprint density at radius 2 is 2.33 bits per heavy atom. The number of aromatic nitrogens is 2. The molecule has 2 rings (SSSR count). The van der Waals surface area contributed by atoms with E-state index in [1.807, 2.05) is 0 Å². The Bertz CT molecular complexity index is 342. The minimum absolute atomic E-state index is 0.117. The molecular weight excluding hydrogens is 196 g/mol. The van der Waals surface area contributed by atoms with E-state index in [4.69, 9.17) is 9.84 Å². The van der Waals surface area contributed by atoms with Gasteiger partial charge in [0.15, 0.2) is 5.75 Å². The third kappa shape index (κ3) is 2.71. The molecule has 5 heteroatoms. The van der Waals surface area contributed by atoms with Crippen LogP contribution in [0, 0.1) is 0 Å². The third-order valence-electron chi connectivity index (χ3n) is 2.51. The first-order chi connectivity index (χ1) is 7.24. The average Bonchev–Trinajstić information content (AvgIpc) is 2.77. The Morgan fingerprint density at radius 1 is 1.60 bits per heavy atom. The molecular formula is C10H14N2O3. The first-order valence-corrected chi connectivity index (χ1v) is 5.15. The summed E-state index contributed by atoms with van der Waals surface area (Å²) in [5.74, 6) is -0.228. The highest BCUT2D eigenvalue weighted by Gasteiger charge is 2.17. The molecule has 0 bridgehead atoms. The molecule has 1 fully saturated rings. The van der Waals surface area contributed by atoms with E-state index in [0.717, 1.165) is 12.8 Å². The molecule has 1 aliphatic rings.